The summed E-state index contributed by atoms with van der Waals surface area (Å²) in [7, 11) is 1.69. The number of benzene rings is 1. The van der Waals surface area contributed by atoms with Gasteiger partial charge in [-0.15, -0.1) is 0 Å². The molecule has 0 aliphatic heterocycles. The summed E-state index contributed by atoms with van der Waals surface area (Å²) in [5.41, 5.74) is 7.83. The minimum absolute atomic E-state index is 0.641. The van der Waals surface area contributed by atoms with Crippen LogP contribution in [-0.2, 0) is 6.42 Å². The normalized spacial score (nSPS) is 10.7. The Balaban J connectivity index is 2.54. The van der Waals surface area contributed by atoms with Crippen LogP contribution >= 0.6 is 0 Å². The van der Waals surface area contributed by atoms with Gasteiger partial charge in [0.25, 0.3) is 0 Å². The van der Waals surface area contributed by atoms with E-state index in [1.54, 1.807) is 7.11 Å². The molecule has 1 heterocycles. The summed E-state index contributed by atoms with van der Waals surface area (Å²) < 4.78 is 5.31. The van der Waals surface area contributed by atoms with Crippen LogP contribution in [0, 0.1) is 0 Å². The molecule has 0 amide bonds. The van der Waals surface area contributed by atoms with E-state index >= 15 is 0 Å². The van der Waals surface area contributed by atoms with Crippen LogP contribution in [0.5, 0.6) is 5.75 Å². The van der Waals surface area contributed by atoms with Crippen molar-refractivity contribution in [1.29, 1.82) is 0 Å². The molecule has 3 N–H and O–H groups in total. The van der Waals surface area contributed by atoms with Crippen LogP contribution in [0.1, 0.15) is 5.56 Å². The predicted octanol–water partition coefficient (Wildman–Crippen LogP) is 1.68. The van der Waals surface area contributed by atoms with Crippen molar-refractivity contribution in [2.75, 3.05) is 13.7 Å². The maximum absolute atomic E-state index is 5.54. The number of H-pyrrole nitrogens is 1. The Labute approximate surface area is 82.9 Å². The van der Waals surface area contributed by atoms with Crippen molar-refractivity contribution < 1.29 is 4.74 Å². The average molecular weight is 190 g/mol. The van der Waals surface area contributed by atoms with E-state index in [-0.39, 0.29) is 0 Å². The van der Waals surface area contributed by atoms with Crippen LogP contribution in [0.3, 0.4) is 0 Å². The summed E-state index contributed by atoms with van der Waals surface area (Å²) in [5.74, 6) is 0.919. The molecule has 0 fully saturated rings. The molecule has 0 saturated heterocycles. The average Bonchev–Trinajstić information content (AvgIpc) is 2.64. The van der Waals surface area contributed by atoms with Gasteiger partial charge in [0.2, 0.25) is 0 Å². The fourth-order valence-corrected chi connectivity index (χ4v) is 1.67. The lowest BCUT2D eigenvalue weighted by atomic mass is 10.1. The van der Waals surface area contributed by atoms with Crippen molar-refractivity contribution in [3.8, 4) is 5.75 Å². The third-order valence-electron chi connectivity index (χ3n) is 2.37. The Morgan fingerprint density at radius 2 is 2.29 bits per heavy atom. The zero-order valence-electron chi connectivity index (χ0n) is 8.21. The van der Waals surface area contributed by atoms with Crippen molar-refractivity contribution in [3.05, 3.63) is 30.0 Å². The maximum Gasteiger partial charge on any atom is 0.122 e. The standard InChI is InChI=1S/C11H14N2O/c1-14-11-7-8-3-5-13-10(8)6-9(11)2-4-12/h3,5-7,13H,2,4,12H2,1H3. The van der Waals surface area contributed by atoms with Crippen LogP contribution in [0.15, 0.2) is 24.4 Å². The molecule has 1 aromatic carbocycles. The van der Waals surface area contributed by atoms with Crippen LogP contribution in [0.4, 0.5) is 0 Å². The molecule has 0 spiro atoms. The van der Waals surface area contributed by atoms with E-state index in [9.17, 15) is 0 Å². The Bertz CT molecular complexity index is 434. The molecule has 0 radical (unpaired) electrons. The first-order valence-electron chi connectivity index (χ1n) is 4.69. The number of rotatable bonds is 3. The van der Waals surface area contributed by atoms with Gasteiger partial charge in [0.15, 0.2) is 0 Å². The maximum atomic E-state index is 5.54. The smallest absolute Gasteiger partial charge is 0.122 e. The Hall–Kier alpha value is -1.48. The molecule has 0 unspecified atom stereocenters. The van der Waals surface area contributed by atoms with Crippen molar-refractivity contribution in [2.45, 2.75) is 6.42 Å². The van der Waals surface area contributed by atoms with Gasteiger partial charge in [-0.05, 0) is 36.7 Å². The first-order chi connectivity index (χ1) is 6.85. The molecule has 0 bridgehead atoms. The number of fused-ring (bicyclic) bond motifs is 1. The molecule has 3 heteroatoms. The Morgan fingerprint density at radius 3 is 3.00 bits per heavy atom. The van der Waals surface area contributed by atoms with Crippen molar-refractivity contribution in [3.63, 3.8) is 0 Å². The summed E-state index contributed by atoms with van der Waals surface area (Å²) in [6.45, 7) is 0.641. The third-order valence-corrected chi connectivity index (χ3v) is 2.37. The predicted molar refractivity (Wildman–Crippen MR) is 57.6 cm³/mol. The van der Waals surface area contributed by atoms with Gasteiger partial charge in [0.05, 0.1) is 7.11 Å². The molecule has 0 saturated carbocycles. The van der Waals surface area contributed by atoms with Crippen molar-refractivity contribution >= 4 is 10.9 Å². The lowest BCUT2D eigenvalue weighted by Gasteiger charge is -2.07. The van der Waals surface area contributed by atoms with Gasteiger partial charge < -0.3 is 15.5 Å². The minimum atomic E-state index is 0.641. The van der Waals surface area contributed by atoms with Gasteiger partial charge in [0, 0.05) is 17.1 Å². The lowest BCUT2D eigenvalue weighted by molar-refractivity contribution is 0.410. The molecule has 74 valence electrons. The second-order valence-corrected chi connectivity index (χ2v) is 3.27. The third kappa shape index (κ3) is 1.46. The van der Waals surface area contributed by atoms with E-state index in [0.29, 0.717) is 6.54 Å². The highest BCUT2D eigenvalue weighted by Gasteiger charge is 2.04. The van der Waals surface area contributed by atoms with E-state index in [2.05, 4.69) is 11.1 Å². The largest absolute Gasteiger partial charge is 0.496 e. The van der Waals surface area contributed by atoms with E-state index in [1.165, 1.54) is 5.39 Å². The van der Waals surface area contributed by atoms with E-state index < -0.39 is 0 Å². The number of hydrogen-bond donors (Lipinski definition) is 2. The zero-order chi connectivity index (χ0) is 9.97. The molecule has 3 nitrogen and oxygen atoms in total. The topological polar surface area (TPSA) is 51.0 Å². The van der Waals surface area contributed by atoms with E-state index in [0.717, 1.165) is 23.3 Å². The highest BCUT2D eigenvalue weighted by atomic mass is 16.5. The van der Waals surface area contributed by atoms with Gasteiger partial charge >= 0.3 is 0 Å². The monoisotopic (exact) mass is 190 g/mol. The second-order valence-electron chi connectivity index (χ2n) is 3.27. The summed E-state index contributed by atoms with van der Waals surface area (Å²) in [6, 6.07) is 6.17. The molecule has 0 atom stereocenters. The minimum Gasteiger partial charge on any atom is -0.496 e. The Kier molecular flexibility index (Phi) is 2.41. The highest BCUT2D eigenvalue weighted by molar-refractivity contribution is 5.82. The number of hydrogen-bond acceptors (Lipinski definition) is 2. The van der Waals surface area contributed by atoms with Crippen LogP contribution in [-0.4, -0.2) is 18.6 Å². The number of ether oxygens (including phenoxy) is 1. The Morgan fingerprint density at radius 1 is 1.43 bits per heavy atom. The number of aromatic nitrogens is 1. The van der Waals surface area contributed by atoms with Gasteiger partial charge in [0.1, 0.15) is 5.75 Å². The molecular weight excluding hydrogens is 176 g/mol. The van der Waals surface area contributed by atoms with Crippen LogP contribution < -0.4 is 10.5 Å². The first kappa shape index (κ1) is 9.09. The second kappa shape index (κ2) is 3.72. The number of nitrogens with two attached hydrogens (primary N) is 1. The van der Waals surface area contributed by atoms with Gasteiger partial charge in [-0.2, -0.15) is 0 Å². The number of aromatic amines is 1. The quantitative estimate of drug-likeness (QED) is 0.773. The summed E-state index contributed by atoms with van der Waals surface area (Å²) in [5, 5.41) is 1.17. The molecule has 0 aliphatic carbocycles. The molecule has 2 aromatic rings. The first-order valence-corrected chi connectivity index (χ1v) is 4.69. The van der Waals surface area contributed by atoms with Gasteiger partial charge in [-0.3, -0.25) is 0 Å². The van der Waals surface area contributed by atoms with Gasteiger partial charge in [-0.1, -0.05) is 0 Å². The molecular formula is C11H14N2O. The summed E-state index contributed by atoms with van der Waals surface area (Å²) >= 11 is 0. The zero-order valence-corrected chi connectivity index (χ0v) is 8.21. The number of nitrogens with one attached hydrogen (secondary N) is 1. The van der Waals surface area contributed by atoms with Crippen molar-refractivity contribution in [1.82, 2.24) is 4.98 Å². The summed E-state index contributed by atoms with van der Waals surface area (Å²) in [6.07, 6.45) is 2.77. The SMILES string of the molecule is COc1cc2cc[nH]c2cc1CCN. The molecule has 1 aromatic heterocycles. The fourth-order valence-electron chi connectivity index (χ4n) is 1.67. The number of methoxy groups -OCH3 is 1. The lowest BCUT2D eigenvalue weighted by Crippen LogP contribution is -2.04. The molecule has 0 aliphatic rings. The molecule has 14 heavy (non-hydrogen) atoms. The van der Waals surface area contributed by atoms with Gasteiger partial charge in [-0.25, -0.2) is 0 Å². The molecule has 2 rings (SSSR count). The van der Waals surface area contributed by atoms with Crippen LogP contribution in [0.25, 0.3) is 10.9 Å². The van der Waals surface area contributed by atoms with Crippen molar-refractivity contribution in [2.24, 2.45) is 5.73 Å². The fraction of sp³-hybridized carbons (Fsp3) is 0.273. The summed E-state index contributed by atoms with van der Waals surface area (Å²) in [4.78, 5) is 3.17. The van der Waals surface area contributed by atoms with Crippen LogP contribution in [0.2, 0.25) is 0 Å². The van der Waals surface area contributed by atoms with E-state index in [1.807, 2.05) is 18.3 Å². The van der Waals surface area contributed by atoms with E-state index in [4.69, 9.17) is 10.5 Å². The highest BCUT2D eigenvalue weighted by Crippen LogP contribution is 2.25.